The van der Waals surface area contributed by atoms with Crippen LogP contribution in [-0.4, -0.2) is 0 Å². The van der Waals surface area contributed by atoms with Gasteiger partial charge in [-0.3, -0.25) is 0 Å². The molecule has 0 nitrogen and oxygen atoms in total. The van der Waals surface area contributed by atoms with E-state index in [0.29, 0.717) is 5.92 Å². The van der Waals surface area contributed by atoms with Gasteiger partial charge in [0.1, 0.15) is 0 Å². The molecule has 0 fully saturated rings. The SMILES string of the molecule is [CH2-]C(C)C(C)CC.[K+]. The van der Waals surface area contributed by atoms with Crippen LogP contribution in [0, 0.1) is 18.8 Å². The summed E-state index contributed by atoms with van der Waals surface area (Å²) in [6.45, 7) is 10.5. The summed E-state index contributed by atoms with van der Waals surface area (Å²) in [4.78, 5) is 0. The van der Waals surface area contributed by atoms with Gasteiger partial charge in [0.05, 0.1) is 0 Å². The molecule has 0 bridgehead atoms. The van der Waals surface area contributed by atoms with E-state index in [1.54, 1.807) is 0 Å². The normalized spacial score (nSPS) is 16.5. The molecular formula is C7H15K. The van der Waals surface area contributed by atoms with Crippen LogP contribution in [0.2, 0.25) is 0 Å². The molecule has 0 aliphatic carbocycles. The quantitative estimate of drug-likeness (QED) is 0.357. The Kier molecular flexibility index (Phi) is 10.4. The minimum absolute atomic E-state index is 0. The van der Waals surface area contributed by atoms with Gasteiger partial charge in [0.2, 0.25) is 0 Å². The molecule has 0 saturated carbocycles. The Hall–Kier alpha value is 1.64. The summed E-state index contributed by atoms with van der Waals surface area (Å²) in [5.74, 6) is 1.41. The first-order valence-electron chi connectivity index (χ1n) is 3.01. The molecule has 0 aliphatic heterocycles. The minimum atomic E-state index is 0. The van der Waals surface area contributed by atoms with Crippen molar-refractivity contribution < 1.29 is 51.4 Å². The largest absolute Gasteiger partial charge is 1.00 e. The molecule has 0 radical (unpaired) electrons. The van der Waals surface area contributed by atoms with E-state index in [1.807, 2.05) is 0 Å². The molecule has 0 rings (SSSR count). The third-order valence-electron chi connectivity index (χ3n) is 1.62. The van der Waals surface area contributed by atoms with Crippen molar-refractivity contribution in [1.29, 1.82) is 0 Å². The average Bonchev–Trinajstić information content (AvgIpc) is 1.65. The fourth-order valence-corrected chi connectivity index (χ4v) is 0.402. The Morgan fingerprint density at radius 1 is 1.38 bits per heavy atom. The molecular weight excluding hydrogens is 123 g/mol. The van der Waals surface area contributed by atoms with Gasteiger partial charge in [-0.15, -0.1) is 0 Å². The molecule has 0 aromatic heterocycles. The molecule has 44 valence electrons. The fraction of sp³-hybridized carbons (Fsp3) is 0.857. The standard InChI is InChI=1S/C7H15.K/c1-5-7(4)6(2)3;/h6-7H,2,5H2,1,3-4H3;/q-1;+1. The van der Waals surface area contributed by atoms with Crippen molar-refractivity contribution in [3.05, 3.63) is 6.92 Å². The van der Waals surface area contributed by atoms with E-state index in [1.165, 1.54) is 6.42 Å². The van der Waals surface area contributed by atoms with Crippen LogP contribution in [0.1, 0.15) is 27.2 Å². The molecule has 1 heteroatoms. The second-order valence-corrected chi connectivity index (χ2v) is 2.36. The van der Waals surface area contributed by atoms with Crippen LogP contribution in [-0.2, 0) is 0 Å². The average molecular weight is 138 g/mol. The third-order valence-corrected chi connectivity index (χ3v) is 1.62. The van der Waals surface area contributed by atoms with Crippen LogP contribution in [0.15, 0.2) is 0 Å². The van der Waals surface area contributed by atoms with Crippen LogP contribution in [0.5, 0.6) is 0 Å². The van der Waals surface area contributed by atoms with E-state index < -0.39 is 0 Å². The van der Waals surface area contributed by atoms with E-state index in [4.69, 9.17) is 0 Å². The van der Waals surface area contributed by atoms with Crippen LogP contribution in [0.25, 0.3) is 0 Å². The van der Waals surface area contributed by atoms with Crippen molar-refractivity contribution in [2.45, 2.75) is 27.2 Å². The Bertz CT molecular complexity index is 41.7. The van der Waals surface area contributed by atoms with Gasteiger partial charge < -0.3 is 6.92 Å². The molecule has 0 N–H and O–H groups in total. The van der Waals surface area contributed by atoms with E-state index in [9.17, 15) is 0 Å². The van der Waals surface area contributed by atoms with Crippen molar-refractivity contribution >= 4 is 0 Å². The topological polar surface area (TPSA) is 0 Å². The molecule has 0 aliphatic rings. The summed E-state index contributed by atoms with van der Waals surface area (Å²) in [5.41, 5.74) is 0. The monoisotopic (exact) mass is 138 g/mol. The van der Waals surface area contributed by atoms with Crippen LogP contribution in [0.4, 0.5) is 0 Å². The Labute approximate surface area is 95.9 Å². The number of rotatable bonds is 2. The van der Waals surface area contributed by atoms with Crippen molar-refractivity contribution in [1.82, 2.24) is 0 Å². The van der Waals surface area contributed by atoms with Crippen molar-refractivity contribution in [2.75, 3.05) is 0 Å². The molecule has 0 aromatic rings. The van der Waals surface area contributed by atoms with Gasteiger partial charge >= 0.3 is 51.4 Å². The van der Waals surface area contributed by atoms with Crippen LogP contribution in [0.3, 0.4) is 0 Å². The van der Waals surface area contributed by atoms with E-state index >= 15 is 0 Å². The van der Waals surface area contributed by atoms with Crippen molar-refractivity contribution in [2.24, 2.45) is 11.8 Å². The Morgan fingerprint density at radius 3 is 1.75 bits per heavy atom. The first-order valence-corrected chi connectivity index (χ1v) is 3.01. The molecule has 0 saturated heterocycles. The molecule has 8 heavy (non-hydrogen) atoms. The minimum Gasteiger partial charge on any atom is -0.340 e. The second-order valence-electron chi connectivity index (χ2n) is 2.36. The van der Waals surface area contributed by atoms with Gasteiger partial charge in [0.15, 0.2) is 0 Å². The maximum absolute atomic E-state index is 3.91. The molecule has 2 unspecified atom stereocenters. The maximum Gasteiger partial charge on any atom is 1.00 e. The first kappa shape index (κ1) is 12.3. The fourth-order valence-electron chi connectivity index (χ4n) is 0.402. The smallest absolute Gasteiger partial charge is 0.340 e. The summed E-state index contributed by atoms with van der Waals surface area (Å²) < 4.78 is 0. The van der Waals surface area contributed by atoms with Gasteiger partial charge in [0.25, 0.3) is 0 Å². The molecule has 0 spiro atoms. The second kappa shape index (κ2) is 6.75. The maximum atomic E-state index is 3.91. The molecule has 0 heterocycles. The Morgan fingerprint density at radius 2 is 1.75 bits per heavy atom. The van der Waals surface area contributed by atoms with Gasteiger partial charge in [-0.05, 0) is 0 Å². The summed E-state index contributed by atoms with van der Waals surface area (Å²) in [5, 5.41) is 0. The van der Waals surface area contributed by atoms with Gasteiger partial charge in [-0.2, -0.15) is 5.92 Å². The molecule has 0 aromatic carbocycles. The summed E-state index contributed by atoms with van der Waals surface area (Å²) in [6.07, 6.45) is 1.25. The number of hydrogen-bond donors (Lipinski definition) is 0. The zero-order valence-corrected chi connectivity index (χ0v) is 9.69. The summed E-state index contributed by atoms with van der Waals surface area (Å²) in [6, 6.07) is 0. The van der Waals surface area contributed by atoms with E-state index in [-0.39, 0.29) is 51.4 Å². The molecule has 0 amide bonds. The predicted molar refractivity (Wildman–Crippen MR) is 34.0 cm³/mol. The molecule has 2 atom stereocenters. The van der Waals surface area contributed by atoms with Crippen LogP contribution >= 0.6 is 0 Å². The van der Waals surface area contributed by atoms with Gasteiger partial charge in [-0.1, -0.05) is 33.1 Å². The zero-order valence-electron chi connectivity index (χ0n) is 6.57. The van der Waals surface area contributed by atoms with E-state index in [2.05, 4.69) is 27.7 Å². The summed E-state index contributed by atoms with van der Waals surface area (Å²) in [7, 11) is 0. The summed E-state index contributed by atoms with van der Waals surface area (Å²) >= 11 is 0. The number of hydrogen-bond acceptors (Lipinski definition) is 0. The van der Waals surface area contributed by atoms with Crippen molar-refractivity contribution in [3.63, 3.8) is 0 Å². The van der Waals surface area contributed by atoms with Gasteiger partial charge in [0, 0.05) is 0 Å². The van der Waals surface area contributed by atoms with Gasteiger partial charge in [-0.25, -0.2) is 0 Å². The predicted octanol–water partition coefficient (Wildman–Crippen LogP) is -0.493. The Balaban J connectivity index is 0. The van der Waals surface area contributed by atoms with Crippen LogP contribution < -0.4 is 51.4 Å². The third kappa shape index (κ3) is 5.77. The van der Waals surface area contributed by atoms with E-state index in [0.717, 1.165) is 5.92 Å². The zero-order chi connectivity index (χ0) is 5.86. The van der Waals surface area contributed by atoms with Crippen molar-refractivity contribution in [3.8, 4) is 0 Å². The first-order chi connectivity index (χ1) is 3.18.